The Morgan fingerprint density at radius 1 is 1.60 bits per heavy atom. The minimum Gasteiger partial charge on any atom is -0.288 e. The van der Waals surface area contributed by atoms with Crippen LogP contribution in [0, 0.1) is 0 Å². The quantitative estimate of drug-likeness (QED) is 0.615. The first kappa shape index (κ1) is 7.64. The van der Waals surface area contributed by atoms with Gasteiger partial charge in [-0.1, -0.05) is 0 Å². The van der Waals surface area contributed by atoms with E-state index in [9.17, 15) is 13.2 Å². The third kappa shape index (κ3) is 1.34. The molecule has 0 atom stereocenters. The maximum absolute atomic E-state index is 11.8. The van der Waals surface area contributed by atoms with Crippen molar-refractivity contribution >= 4 is 20.7 Å². The normalized spacial score (nSPS) is 18.8. The topological polar surface area (TPSA) is 27.6 Å². The van der Waals surface area contributed by atoms with Crippen LogP contribution in [-0.2, 0) is 0 Å². The summed E-state index contributed by atoms with van der Waals surface area (Å²) >= 11 is 2.63. The molecule has 3 nitrogen and oxygen atoms in total. The number of hydrogen-bond donors (Lipinski definition) is 1. The molecular formula is C3H3BrF3N3. The third-order valence-corrected chi connectivity index (χ3v) is 1.53. The Labute approximate surface area is 63.0 Å². The van der Waals surface area contributed by atoms with E-state index in [2.05, 4.69) is 26.5 Å². The van der Waals surface area contributed by atoms with E-state index in [4.69, 9.17) is 0 Å². The maximum Gasteiger partial charge on any atom is 0.488 e. The van der Waals surface area contributed by atoms with E-state index in [1.165, 1.54) is 0 Å². The van der Waals surface area contributed by atoms with Crippen molar-refractivity contribution in [2.45, 2.75) is 6.30 Å². The molecule has 0 radical (unpaired) electrons. The van der Waals surface area contributed by atoms with Gasteiger partial charge in [-0.25, -0.2) is 4.90 Å². The minimum absolute atomic E-state index is 0.146. The summed E-state index contributed by atoms with van der Waals surface area (Å²) in [5, 5.41) is 3.27. The molecule has 0 saturated carbocycles. The molecule has 0 amide bonds. The summed E-state index contributed by atoms with van der Waals surface area (Å²) in [7, 11) is 0. The third-order valence-electron chi connectivity index (χ3n) is 0.929. The zero-order valence-electron chi connectivity index (χ0n) is 4.61. The number of nitrogens with one attached hydrogen (secondary N) is 1. The highest BCUT2D eigenvalue weighted by atomic mass is 79.9. The van der Waals surface area contributed by atoms with Crippen molar-refractivity contribution < 1.29 is 13.2 Å². The monoisotopic (exact) mass is 217 g/mol. The van der Waals surface area contributed by atoms with Gasteiger partial charge in [0.1, 0.15) is 6.67 Å². The van der Waals surface area contributed by atoms with E-state index < -0.39 is 6.30 Å². The summed E-state index contributed by atoms with van der Waals surface area (Å²) in [5.41, 5.74) is 2.18. The van der Waals surface area contributed by atoms with Gasteiger partial charge < -0.3 is 0 Å². The average molecular weight is 218 g/mol. The van der Waals surface area contributed by atoms with Crippen LogP contribution in [0.3, 0.4) is 0 Å². The second-order valence-corrected chi connectivity index (χ2v) is 2.30. The van der Waals surface area contributed by atoms with Gasteiger partial charge in [-0.15, -0.1) is 13.2 Å². The summed E-state index contributed by atoms with van der Waals surface area (Å²) in [6.07, 6.45) is -4.36. The molecule has 10 heavy (non-hydrogen) atoms. The highest BCUT2D eigenvalue weighted by molar-refractivity contribution is 9.18. The lowest BCUT2D eigenvalue weighted by atomic mass is 10.8. The molecule has 0 fully saturated rings. The van der Waals surface area contributed by atoms with Crippen molar-refractivity contribution in [3.05, 3.63) is 0 Å². The summed E-state index contributed by atoms with van der Waals surface area (Å²) in [5.74, 6) is 0. The van der Waals surface area contributed by atoms with Crippen LogP contribution in [0.25, 0.3) is 0 Å². The number of hydrogen-bond acceptors (Lipinski definition) is 3. The SMILES string of the molecule is FC(F)(F)N1CNN=C1Br. The van der Waals surface area contributed by atoms with Crippen LogP contribution in [-0.4, -0.2) is 22.6 Å². The average Bonchev–Trinajstić information content (AvgIpc) is 2.11. The molecule has 7 heteroatoms. The summed E-state index contributed by atoms with van der Waals surface area (Å²) < 4.78 is 35.1. The van der Waals surface area contributed by atoms with Gasteiger partial charge >= 0.3 is 6.30 Å². The van der Waals surface area contributed by atoms with Crippen LogP contribution >= 0.6 is 15.9 Å². The molecule has 0 aromatic carbocycles. The standard InChI is InChI=1S/C3H3BrF3N3/c4-2-9-8-1-10(2)3(5,6)7/h8H,1H2. The van der Waals surface area contributed by atoms with E-state index in [0.717, 1.165) is 0 Å². The van der Waals surface area contributed by atoms with Crippen molar-refractivity contribution in [3.63, 3.8) is 0 Å². The van der Waals surface area contributed by atoms with Gasteiger partial charge in [-0.05, 0) is 15.9 Å². The first-order valence-corrected chi connectivity index (χ1v) is 3.11. The number of rotatable bonds is 0. The Morgan fingerprint density at radius 2 is 2.20 bits per heavy atom. The van der Waals surface area contributed by atoms with Crippen molar-refractivity contribution in [2.24, 2.45) is 5.10 Å². The van der Waals surface area contributed by atoms with E-state index in [1.54, 1.807) is 0 Å². The Morgan fingerprint density at radius 3 is 2.40 bits per heavy atom. The second-order valence-electron chi connectivity index (χ2n) is 1.59. The Kier molecular flexibility index (Phi) is 1.76. The van der Waals surface area contributed by atoms with E-state index in [-0.39, 0.29) is 16.3 Å². The van der Waals surface area contributed by atoms with Crippen LogP contribution < -0.4 is 5.43 Å². The first-order chi connectivity index (χ1) is 4.52. The molecule has 1 aliphatic heterocycles. The van der Waals surface area contributed by atoms with Gasteiger partial charge in [-0.2, -0.15) is 5.10 Å². The van der Waals surface area contributed by atoms with Gasteiger partial charge in [0.15, 0.2) is 4.74 Å². The lowest BCUT2D eigenvalue weighted by Crippen LogP contribution is -2.39. The zero-order chi connectivity index (χ0) is 7.78. The highest BCUT2D eigenvalue weighted by Gasteiger charge is 2.40. The highest BCUT2D eigenvalue weighted by Crippen LogP contribution is 2.24. The predicted octanol–water partition coefficient (Wildman–Crippen LogP) is 1.03. The zero-order valence-corrected chi connectivity index (χ0v) is 6.20. The van der Waals surface area contributed by atoms with Gasteiger partial charge in [0.25, 0.3) is 0 Å². The molecule has 1 rings (SSSR count). The molecule has 0 aromatic rings. The fraction of sp³-hybridized carbons (Fsp3) is 0.667. The Hall–Kier alpha value is -0.460. The van der Waals surface area contributed by atoms with Gasteiger partial charge in [0, 0.05) is 0 Å². The van der Waals surface area contributed by atoms with Crippen LogP contribution in [0.4, 0.5) is 13.2 Å². The van der Waals surface area contributed by atoms with Crippen molar-refractivity contribution in [3.8, 4) is 0 Å². The number of hydrazone groups is 1. The van der Waals surface area contributed by atoms with Crippen molar-refractivity contribution in [1.82, 2.24) is 10.3 Å². The number of nitrogens with zero attached hydrogens (tertiary/aromatic N) is 2. The number of amidine groups is 1. The van der Waals surface area contributed by atoms with Gasteiger partial charge in [-0.3, -0.25) is 5.43 Å². The summed E-state index contributed by atoms with van der Waals surface area (Å²) in [4.78, 5) is 0.146. The molecule has 0 bridgehead atoms. The Balaban J connectivity index is 2.67. The molecule has 1 heterocycles. The van der Waals surface area contributed by atoms with Crippen LogP contribution in [0.15, 0.2) is 5.10 Å². The molecular weight excluding hydrogens is 215 g/mol. The minimum atomic E-state index is -4.36. The molecule has 0 unspecified atom stereocenters. The van der Waals surface area contributed by atoms with Gasteiger partial charge in [0.05, 0.1) is 0 Å². The summed E-state index contributed by atoms with van der Waals surface area (Å²) in [6.45, 7) is -0.329. The fourth-order valence-corrected chi connectivity index (χ4v) is 0.943. The molecule has 1 N–H and O–H groups in total. The van der Waals surface area contributed by atoms with Crippen LogP contribution in [0.5, 0.6) is 0 Å². The number of halogens is 4. The van der Waals surface area contributed by atoms with Crippen molar-refractivity contribution in [1.29, 1.82) is 0 Å². The van der Waals surface area contributed by atoms with Crippen LogP contribution in [0.2, 0.25) is 0 Å². The fourth-order valence-electron chi connectivity index (χ4n) is 0.491. The van der Waals surface area contributed by atoms with Crippen LogP contribution in [0.1, 0.15) is 0 Å². The smallest absolute Gasteiger partial charge is 0.288 e. The lowest BCUT2D eigenvalue weighted by Gasteiger charge is -2.18. The van der Waals surface area contributed by atoms with Crippen molar-refractivity contribution in [2.75, 3.05) is 6.67 Å². The molecule has 0 aromatic heterocycles. The van der Waals surface area contributed by atoms with E-state index in [1.807, 2.05) is 0 Å². The molecule has 0 spiro atoms. The molecule has 0 aliphatic carbocycles. The first-order valence-electron chi connectivity index (χ1n) is 2.32. The van der Waals surface area contributed by atoms with Gasteiger partial charge in [0.2, 0.25) is 0 Å². The summed E-state index contributed by atoms with van der Waals surface area (Å²) in [6, 6.07) is 0. The predicted molar refractivity (Wildman–Crippen MR) is 32.3 cm³/mol. The Bertz CT molecular complexity index is 165. The maximum atomic E-state index is 11.8. The lowest BCUT2D eigenvalue weighted by molar-refractivity contribution is -0.214. The van der Waals surface area contributed by atoms with E-state index >= 15 is 0 Å². The largest absolute Gasteiger partial charge is 0.488 e. The van der Waals surface area contributed by atoms with E-state index in [0.29, 0.717) is 0 Å². The molecule has 1 aliphatic rings. The molecule has 58 valence electrons. The molecule has 0 saturated heterocycles. The second kappa shape index (κ2) is 2.30. The number of alkyl halides is 3.